The molecule has 0 aliphatic carbocycles. The van der Waals surface area contributed by atoms with Gasteiger partial charge in [-0.1, -0.05) is 30.3 Å². The number of nitrogens with one attached hydrogen (secondary N) is 3. The van der Waals surface area contributed by atoms with Gasteiger partial charge in [0.15, 0.2) is 0 Å². The van der Waals surface area contributed by atoms with E-state index in [2.05, 4.69) is 29.8 Å². The van der Waals surface area contributed by atoms with Crippen LogP contribution >= 0.6 is 0 Å². The summed E-state index contributed by atoms with van der Waals surface area (Å²) in [6, 6.07) is 15.6. The molecule has 2 aromatic carbocycles. The van der Waals surface area contributed by atoms with E-state index in [4.69, 9.17) is 15.2 Å². The van der Waals surface area contributed by atoms with Crippen LogP contribution in [-0.2, 0) is 20.9 Å². The maximum Gasteiger partial charge on any atom is 0.250 e. The van der Waals surface area contributed by atoms with Gasteiger partial charge in [0, 0.05) is 49.8 Å². The number of benzene rings is 2. The molecule has 2 rings (SSSR count). The summed E-state index contributed by atoms with van der Waals surface area (Å²) in [5, 5.41) is 10.1. The molecule has 2 aromatic rings. The predicted octanol–water partition coefficient (Wildman–Crippen LogP) is 4.34. The Balaban J connectivity index is 2.22. The molecule has 0 radical (unpaired) electrons. The molecule has 0 fully saturated rings. The predicted molar refractivity (Wildman–Crippen MR) is 150 cm³/mol. The third-order valence-electron chi connectivity index (χ3n) is 6.37. The number of allylic oxidation sites excluding steroid dienone is 1. The number of primary amides is 1. The van der Waals surface area contributed by atoms with E-state index in [0.29, 0.717) is 50.5 Å². The fourth-order valence-electron chi connectivity index (χ4n) is 3.94. The fraction of sp³-hybridized carbons (Fsp3) is 0.448. The quantitative estimate of drug-likeness (QED) is 0.174. The van der Waals surface area contributed by atoms with Crippen LogP contribution in [0.4, 0.5) is 11.4 Å². The van der Waals surface area contributed by atoms with Crippen LogP contribution < -0.4 is 21.7 Å². The van der Waals surface area contributed by atoms with E-state index in [0.717, 1.165) is 35.2 Å². The first-order chi connectivity index (χ1) is 17.9. The zero-order chi connectivity index (χ0) is 27.0. The van der Waals surface area contributed by atoms with Crippen molar-refractivity contribution in [3.63, 3.8) is 0 Å². The van der Waals surface area contributed by atoms with Gasteiger partial charge >= 0.3 is 0 Å². The summed E-state index contributed by atoms with van der Waals surface area (Å²) in [5.74, 6) is -0.475. The average Bonchev–Trinajstić information content (AvgIpc) is 2.90. The molecule has 8 heteroatoms. The SMILES string of the molecule is CNC(C)/C(C)=C(/CC(CC=O)COCc1ccccc1)Nc1ccc(C(N)=O)c(NCCCOC)c1. The summed E-state index contributed by atoms with van der Waals surface area (Å²) in [4.78, 5) is 23.4. The highest BCUT2D eigenvalue weighted by Gasteiger charge is 2.17. The van der Waals surface area contributed by atoms with Crippen LogP contribution in [0.1, 0.15) is 49.0 Å². The number of carbonyl (C=O) groups excluding carboxylic acids is 2. The highest BCUT2D eigenvalue weighted by atomic mass is 16.5. The van der Waals surface area contributed by atoms with E-state index < -0.39 is 5.91 Å². The number of rotatable bonds is 18. The molecule has 202 valence electrons. The first-order valence-corrected chi connectivity index (χ1v) is 12.7. The molecule has 0 saturated heterocycles. The smallest absolute Gasteiger partial charge is 0.250 e. The largest absolute Gasteiger partial charge is 0.385 e. The van der Waals surface area contributed by atoms with Gasteiger partial charge in [0.05, 0.1) is 18.8 Å². The summed E-state index contributed by atoms with van der Waals surface area (Å²) < 4.78 is 11.1. The molecule has 37 heavy (non-hydrogen) atoms. The lowest BCUT2D eigenvalue weighted by Gasteiger charge is -2.24. The Morgan fingerprint density at radius 1 is 1.16 bits per heavy atom. The molecule has 0 heterocycles. The highest BCUT2D eigenvalue weighted by molar-refractivity contribution is 5.99. The van der Waals surface area contributed by atoms with Crippen LogP contribution in [0.25, 0.3) is 0 Å². The Labute approximate surface area is 221 Å². The summed E-state index contributed by atoms with van der Waals surface area (Å²) in [6.45, 7) is 6.41. The van der Waals surface area contributed by atoms with Gasteiger partial charge in [-0.3, -0.25) is 4.79 Å². The summed E-state index contributed by atoms with van der Waals surface area (Å²) in [6.07, 6.45) is 2.79. The molecule has 2 unspecified atom stereocenters. The van der Waals surface area contributed by atoms with Crippen molar-refractivity contribution in [2.75, 3.05) is 44.5 Å². The van der Waals surface area contributed by atoms with Gasteiger partial charge in [-0.05, 0) is 69.0 Å². The van der Waals surface area contributed by atoms with Crippen molar-refractivity contribution < 1.29 is 19.1 Å². The first-order valence-electron chi connectivity index (χ1n) is 12.7. The molecule has 5 N–H and O–H groups in total. The first kappa shape index (κ1) is 30.0. The van der Waals surface area contributed by atoms with Gasteiger partial charge in [0.2, 0.25) is 0 Å². The van der Waals surface area contributed by atoms with Gasteiger partial charge < -0.3 is 36.0 Å². The van der Waals surface area contributed by atoms with Crippen molar-refractivity contribution in [1.29, 1.82) is 0 Å². The lowest BCUT2D eigenvalue weighted by atomic mass is 9.96. The number of nitrogens with two attached hydrogens (primary N) is 1. The van der Waals surface area contributed by atoms with Crippen LogP contribution in [0.15, 0.2) is 59.8 Å². The molecular formula is C29H42N4O4. The van der Waals surface area contributed by atoms with E-state index in [1.807, 2.05) is 49.5 Å². The number of methoxy groups -OCH3 is 1. The standard InChI is InChI=1S/C29H42N4O4/c1-21(22(2)31-3)27(17-24(13-15-34)20-37-19-23-9-6-5-7-10-23)33-25-11-12-26(29(30)35)28(18-25)32-14-8-16-36-4/h5-7,9-12,15,18,22,24,31-33H,8,13-14,16-17,19-20H2,1-4H3,(H2,30,35)/b27-21-. The number of hydrogen-bond acceptors (Lipinski definition) is 7. The minimum atomic E-state index is -0.488. The van der Waals surface area contributed by atoms with Crippen molar-refractivity contribution in [2.45, 2.75) is 45.8 Å². The third kappa shape index (κ3) is 10.4. The Morgan fingerprint density at radius 2 is 1.92 bits per heavy atom. The van der Waals surface area contributed by atoms with E-state index >= 15 is 0 Å². The lowest BCUT2D eigenvalue weighted by Crippen LogP contribution is -2.26. The van der Waals surface area contributed by atoms with Crippen molar-refractivity contribution in [3.8, 4) is 0 Å². The van der Waals surface area contributed by atoms with Gasteiger partial charge in [-0.25, -0.2) is 0 Å². The molecule has 0 spiro atoms. The minimum absolute atomic E-state index is 0.0132. The molecular weight excluding hydrogens is 468 g/mol. The second-order valence-electron chi connectivity index (χ2n) is 9.17. The van der Waals surface area contributed by atoms with Crippen LogP contribution in [0.2, 0.25) is 0 Å². The average molecular weight is 511 g/mol. The summed E-state index contributed by atoms with van der Waals surface area (Å²) >= 11 is 0. The number of ether oxygens (including phenoxy) is 2. The summed E-state index contributed by atoms with van der Waals surface area (Å²) in [7, 11) is 3.58. The van der Waals surface area contributed by atoms with Crippen molar-refractivity contribution in [1.82, 2.24) is 5.32 Å². The highest BCUT2D eigenvalue weighted by Crippen LogP contribution is 2.26. The molecule has 0 bridgehead atoms. The lowest BCUT2D eigenvalue weighted by molar-refractivity contribution is -0.109. The number of likely N-dealkylation sites (N-methyl/N-ethyl adjacent to an activating group) is 1. The molecule has 0 aliphatic heterocycles. The van der Waals surface area contributed by atoms with Crippen molar-refractivity contribution in [3.05, 3.63) is 70.9 Å². The maximum atomic E-state index is 12.0. The molecule has 2 atom stereocenters. The van der Waals surface area contributed by atoms with Crippen molar-refractivity contribution in [2.24, 2.45) is 11.7 Å². The van der Waals surface area contributed by atoms with E-state index in [-0.39, 0.29) is 12.0 Å². The van der Waals surface area contributed by atoms with E-state index in [1.165, 1.54) is 0 Å². The molecule has 0 aliphatic rings. The zero-order valence-corrected chi connectivity index (χ0v) is 22.5. The second-order valence-corrected chi connectivity index (χ2v) is 9.17. The number of amides is 1. The molecule has 8 nitrogen and oxygen atoms in total. The topological polar surface area (TPSA) is 115 Å². The van der Waals surface area contributed by atoms with Gasteiger partial charge in [-0.15, -0.1) is 0 Å². The molecule has 0 saturated carbocycles. The fourth-order valence-corrected chi connectivity index (χ4v) is 3.94. The van der Waals surface area contributed by atoms with Crippen LogP contribution in [0.5, 0.6) is 0 Å². The number of anilines is 2. The second kappa shape index (κ2) is 16.5. The maximum absolute atomic E-state index is 12.0. The monoisotopic (exact) mass is 510 g/mol. The van der Waals surface area contributed by atoms with Gasteiger partial charge in [0.1, 0.15) is 6.29 Å². The van der Waals surface area contributed by atoms with Gasteiger partial charge in [0.25, 0.3) is 5.91 Å². The van der Waals surface area contributed by atoms with E-state index in [9.17, 15) is 9.59 Å². The van der Waals surface area contributed by atoms with Crippen molar-refractivity contribution >= 4 is 23.6 Å². The number of carbonyl (C=O) groups is 2. The molecule has 0 aromatic heterocycles. The Bertz CT molecular complexity index is 1010. The number of aldehydes is 1. The molecule has 1 amide bonds. The normalized spacial score (nSPS) is 13.4. The van der Waals surface area contributed by atoms with E-state index in [1.54, 1.807) is 13.2 Å². The Kier molecular flexibility index (Phi) is 13.4. The zero-order valence-electron chi connectivity index (χ0n) is 22.5. The number of hydrogen-bond donors (Lipinski definition) is 4. The third-order valence-corrected chi connectivity index (χ3v) is 6.37. The summed E-state index contributed by atoms with van der Waals surface area (Å²) in [5.41, 5.74) is 10.8. The van der Waals surface area contributed by atoms with Crippen LogP contribution in [0.3, 0.4) is 0 Å². The Morgan fingerprint density at radius 3 is 2.57 bits per heavy atom. The van der Waals surface area contributed by atoms with Crippen LogP contribution in [0, 0.1) is 5.92 Å². The Hall–Kier alpha value is -3.20. The van der Waals surface area contributed by atoms with Gasteiger partial charge in [-0.2, -0.15) is 0 Å². The van der Waals surface area contributed by atoms with Crippen LogP contribution in [-0.4, -0.2) is 52.2 Å². The minimum Gasteiger partial charge on any atom is -0.385 e.